The maximum Gasteiger partial charge on any atom is 0.207 e. The number of nitriles is 1. The molecule has 3 aromatic rings. The minimum Gasteiger partial charge on any atom is -0.360 e. The standard InChI is InChI=1S/C11H5N3OS/c12-3-6-4-13-8-2-10-9(14-5-16-10)1-7(8)11(6)15/h1-2,4-5H,(H,13,15). The molecule has 0 aliphatic carbocycles. The molecule has 0 bridgehead atoms. The van der Waals surface area contributed by atoms with E-state index in [1.165, 1.54) is 17.5 Å². The van der Waals surface area contributed by atoms with Crippen LogP contribution < -0.4 is 5.43 Å². The van der Waals surface area contributed by atoms with Gasteiger partial charge in [-0.05, 0) is 12.1 Å². The lowest BCUT2D eigenvalue weighted by atomic mass is 10.1. The van der Waals surface area contributed by atoms with Gasteiger partial charge in [0.15, 0.2) is 0 Å². The highest BCUT2D eigenvalue weighted by Gasteiger charge is 2.06. The molecule has 0 aliphatic rings. The molecule has 4 nitrogen and oxygen atoms in total. The fourth-order valence-corrected chi connectivity index (χ4v) is 2.35. The van der Waals surface area contributed by atoms with Crippen molar-refractivity contribution in [2.75, 3.05) is 0 Å². The van der Waals surface area contributed by atoms with Crippen LogP contribution in [0.15, 0.2) is 28.6 Å². The van der Waals surface area contributed by atoms with Crippen LogP contribution in [0.1, 0.15) is 5.56 Å². The van der Waals surface area contributed by atoms with Crippen molar-refractivity contribution >= 4 is 32.5 Å². The predicted molar refractivity (Wildman–Crippen MR) is 62.5 cm³/mol. The zero-order chi connectivity index (χ0) is 11.1. The molecular weight excluding hydrogens is 222 g/mol. The Balaban J connectivity index is 2.56. The van der Waals surface area contributed by atoms with Crippen molar-refractivity contribution in [3.8, 4) is 6.07 Å². The van der Waals surface area contributed by atoms with E-state index < -0.39 is 0 Å². The first-order chi connectivity index (χ1) is 7.79. The molecule has 1 N–H and O–H groups in total. The lowest BCUT2D eigenvalue weighted by molar-refractivity contribution is 1.35. The molecule has 0 unspecified atom stereocenters. The number of benzene rings is 1. The van der Waals surface area contributed by atoms with Crippen LogP contribution in [-0.2, 0) is 0 Å². The van der Waals surface area contributed by atoms with Crippen LogP contribution in [0.5, 0.6) is 0 Å². The van der Waals surface area contributed by atoms with Crippen molar-refractivity contribution in [3.05, 3.63) is 39.6 Å². The molecule has 16 heavy (non-hydrogen) atoms. The minimum absolute atomic E-state index is 0.127. The normalized spacial score (nSPS) is 10.7. The summed E-state index contributed by atoms with van der Waals surface area (Å²) in [6, 6.07) is 5.47. The number of fused-ring (bicyclic) bond motifs is 2. The van der Waals surface area contributed by atoms with Crippen LogP contribution in [-0.4, -0.2) is 9.97 Å². The van der Waals surface area contributed by atoms with E-state index in [9.17, 15) is 4.79 Å². The number of nitrogens with zero attached hydrogens (tertiary/aromatic N) is 2. The molecule has 0 saturated carbocycles. The summed E-state index contributed by atoms with van der Waals surface area (Å²) in [6.45, 7) is 0. The SMILES string of the molecule is N#Cc1c[nH]c2cc3scnc3cc2c1=O. The Hall–Kier alpha value is -2.19. The molecule has 0 aliphatic heterocycles. The van der Waals surface area contributed by atoms with Crippen LogP contribution in [0.2, 0.25) is 0 Å². The number of aromatic amines is 1. The van der Waals surface area contributed by atoms with E-state index in [2.05, 4.69) is 9.97 Å². The Morgan fingerprint density at radius 3 is 3.12 bits per heavy atom. The quantitative estimate of drug-likeness (QED) is 0.638. The number of aromatic nitrogens is 2. The molecule has 0 fully saturated rings. The van der Waals surface area contributed by atoms with Crippen LogP contribution in [0.25, 0.3) is 21.1 Å². The monoisotopic (exact) mass is 227 g/mol. The molecule has 2 aromatic heterocycles. The highest BCUT2D eigenvalue weighted by molar-refractivity contribution is 7.16. The second-order valence-electron chi connectivity index (χ2n) is 3.36. The average Bonchev–Trinajstić information content (AvgIpc) is 2.74. The fourth-order valence-electron chi connectivity index (χ4n) is 1.65. The van der Waals surface area contributed by atoms with Crippen molar-refractivity contribution in [1.29, 1.82) is 5.26 Å². The first-order valence-electron chi connectivity index (χ1n) is 4.58. The van der Waals surface area contributed by atoms with Gasteiger partial charge in [0, 0.05) is 11.6 Å². The number of nitrogens with one attached hydrogen (secondary N) is 1. The van der Waals surface area contributed by atoms with Crippen LogP contribution in [0.3, 0.4) is 0 Å². The first kappa shape index (κ1) is 9.07. The largest absolute Gasteiger partial charge is 0.360 e. The smallest absolute Gasteiger partial charge is 0.207 e. The van der Waals surface area contributed by atoms with E-state index in [0.29, 0.717) is 5.39 Å². The molecule has 2 heterocycles. The second-order valence-corrected chi connectivity index (χ2v) is 4.25. The van der Waals surface area contributed by atoms with Gasteiger partial charge in [-0.1, -0.05) is 0 Å². The molecule has 0 amide bonds. The van der Waals surface area contributed by atoms with Crippen molar-refractivity contribution in [2.45, 2.75) is 0 Å². The van der Waals surface area contributed by atoms with Gasteiger partial charge in [0.05, 0.1) is 21.2 Å². The number of pyridine rings is 1. The molecule has 0 saturated heterocycles. The van der Waals surface area contributed by atoms with Crippen LogP contribution in [0, 0.1) is 11.3 Å². The highest BCUT2D eigenvalue weighted by atomic mass is 32.1. The lowest BCUT2D eigenvalue weighted by Gasteiger charge is -1.97. The van der Waals surface area contributed by atoms with Gasteiger partial charge in [-0.2, -0.15) is 5.26 Å². The molecule has 1 aromatic carbocycles. The number of thiazole rings is 1. The number of hydrogen-bond acceptors (Lipinski definition) is 4. The minimum atomic E-state index is -0.244. The number of rotatable bonds is 0. The molecule has 0 radical (unpaired) electrons. The van der Waals surface area contributed by atoms with E-state index in [-0.39, 0.29) is 11.0 Å². The third-order valence-corrected chi connectivity index (χ3v) is 3.24. The maximum absolute atomic E-state index is 11.9. The molecule has 0 atom stereocenters. The van der Waals surface area contributed by atoms with Crippen molar-refractivity contribution in [3.63, 3.8) is 0 Å². The van der Waals surface area contributed by atoms with Crippen molar-refractivity contribution < 1.29 is 0 Å². The van der Waals surface area contributed by atoms with Gasteiger partial charge in [0.25, 0.3) is 0 Å². The summed E-state index contributed by atoms with van der Waals surface area (Å²) in [5.41, 5.74) is 3.14. The van der Waals surface area contributed by atoms with Crippen molar-refractivity contribution in [2.24, 2.45) is 0 Å². The fraction of sp³-hybridized carbons (Fsp3) is 0. The van der Waals surface area contributed by atoms with E-state index >= 15 is 0 Å². The lowest BCUT2D eigenvalue weighted by Crippen LogP contribution is -2.06. The molecule has 76 valence electrons. The van der Waals surface area contributed by atoms with Gasteiger partial charge in [-0.15, -0.1) is 11.3 Å². The van der Waals surface area contributed by atoms with Gasteiger partial charge in [0.1, 0.15) is 11.6 Å². The number of H-pyrrole nitrogens is 1. The maximum atomic E-state index is 11.9. The Kier molecular flexibility index (Phi) is 1.79. The van der Waals surface area contributed by atoms with Gasteiger partial charge < -0.3 is 4.98 Å². The Morgan fingerprint density at radius 1 is 1.44 bits per heavy atom. The van der Waals surface area contributed by atoms with Crippen molar-refractivity contribution in [1.82, 2.24) is 9.97 Å². The van der Waals surface area contributed by atoms with Crippen LogP contribution >= 0.6 is 11.3 Å². The van der Waals surface area contributed by atoms with E-state index in [1.807, 2.05) is 12.1 Å². The molecule has 0 spiro atoms. The summed E-state index contributed by atoms with van der Waals surface area (Å²) in [4.78, 5) is 19.0. The summed E-state index contributed by atoms with van der Waals surface area (Å²) in [6.07, 6.45) is 1.44. The van der Waals surface area contributed by atoms with E-state index in [4.69, 9.17) is 5.26 Å². The highest BCUT2D eigenvalue weighted by Crippen LogP contribution is 2.21. The van der Waals surface area contributed by atoms with Crippen LogP contribution in [0.4, 0.5) is 0 Å². The predicted octanol–water partition coefficient (Wildman–Crippen LogP) is 2.01. The summed E-state index contributed by atoms with van der Waals surface area (Å²) >= 11 is 1.52. The first-order valence-corrected chi connectivity index (χ1v) is 5.46. The Morgan fingerprint density at radius 2 is 2.31 bits per heavy atom. The summed E-state index contributed by atoms with van der Waals surface area (Å²) in [5, 5.41) is 9.28. The molecule has 3 rings (SSSR count). The molecular formula is C11H5N3OS. The second kappa shape index (κ2) is 3.15. The Bertz CT molecular complexity index is 794. The van der Waals surface area contributed by atoms with Gasteiger partial charge >= 0.3 is 0 Å². The number of hydrogen-bond donors (Lipinski definition) is 1. The third kappa shape index (κ3) is 1.14. The Labute approximate surface area is 93.8 Å². The average molecular weight is 227 g/mol. The zero-order valence-corrected chi connectivity index (χ0v) is 8.84. The van der Waals surface area contributed by atoms with E-state index in [0.717, 1.165) is 15.7 Å². The van der Waals surface area contributed by atoms with E-state index in [1.54, 1.807) is 11.6 Å². The van der Waals surface area contributed by atoms with Gasteiger partial charge in [-0.3, -0.25) is 4.79 Å². The summed E-state index contributed by atoms with van der Waals surface area (Å²) in [7, 11) is 0. The summed E-state index contributed by atoms with van der Waals surface area (Å²) in [5.74, 6) is 0. The van der Waals surface area contributed by atoms with Gasteiger partial charge in [-0.25, -0.2) is 4.98 Å². The third-order valence-electron chi connectivity index (χ3n) is 2.45. The zero-order valence-electron chi connectivity index (χ0n) is 8.02. The topological polar surface area (TPSA) is 69.5 Å². The molecule has 5 heteroatoms. The summed E-state index contributed by atoms with van der Waals surface area (Å²) < 4.78 is 1.02. The van der Waals surface area contributed by atoms with Gasteiger partial charge in [0.2, 0.25) is 5.43 Å².